The van der Waals surface area contributed by atoms with E-state index in [1.165, 1.54) is 18.2 Å². The first-order chi connectivity index (χ1) is 8.75. The highest BCUT2D eigenvalue weighted by Gasteiger charge is 2.14. The molecule has 2 rings (SSSR count). The molecule has 0 saturated carbocycles. The summed E-state index contributed by atoms with van der Waals surface area (Å²) >= 11 is 7.50. The van der Waals surface area contributed by atoms with Crippen LogP contribution in [-0.4, -0.2) is 30.8 Å². The molecule has 1 atom stereocenters. The molecule has 0 aliphatic carbocycles. The summed E-state index contributed by atoms with van der Waals surface area (Å²) in [6, 6.07) is 8.02. The predicted octanol–water partition coefficient (Wildman–Crippen LogP) is 2.30. The average Bonchev–Trinajstić information content (AvgIpc) is 2.88. The smallest absolute Gasteiger partial charge is 0.230 e. The fourth-order valence-electron chi connectivity index (χ4n) is 1.92. The maximum atomic E-state index is 11.7. The van der Waals surface area contributed by atoms with E-state index < -0.39 is 0 Å². The van der Waals surface area contributed by atoms with Crippen LogP contribution < -0.4 is 10.6 Å². The summed E-state index contributed by atoms with van der Waals surface area (Å²) in [7, 11) is 0. The Morgan fingerprint density at radius 1 is 1.50 bits per heavy atom. The van der Waals surface area contributed by atoms with Crippen LogP contribution in [0.1, 0.15) is 12.8 Å². The Bertz CT molecular complexity index is 408. The summed E-state index contributed by atoms with van der Waals surface area (Å²) in [6.07, 6.45) is 2.35. The SMILES string of the molecule is O=C(CSc1ccccc1Cl)NCC1CCCN1. The molecule has 5 heteroatoms. The topological polar surface area (TPSA) is 41.1 Å². The van der Waals surface area contributed by atoms with Gasteiger partial charge in [0.05, 0.1) is 10.8 Å². The molecule has 2 N–H and O–H groups in total. The molecular formula is C13H17ClN2OS. The Morgan fingerprint density at radius 2 is 2.33 bits per heavy atom. The lowest BCUT2D eigenvalue weighted by atomic mass is 10.2. The van der Waals surface area contributed by atoms with Crippen LogP contribution in [0.4, 0.5) is 0 Å². The van der Waals surface area contributed by atoms with Gasteiger partial charge in [0, 0.05) is 17.5 Å². The van der Waals surface area contributed by atoms with E-state index in [4.69, 9.17) is 11.6 Å². The highest BCUT2D eigenvalue weighted by atomic mass is 35.5. The molecule has 3 nitrogen and oxygen atoms in total. The van der Waals surface area contributed by atoms with E-state index in [9.17, 15) is 4.79 Å². The molecule has 0 radical (unpaired) electrons. The van der Waals surface area contributed by atoms with Crippen molar-refractivity contribution in [2.75, 3.05) is 18.8 Å². The number of amides is 1. The zero-order valence-corrected chi connectivity index (χ0v) is 11.7. The van der Waals surface area contributed by atoms with Gasteiger partial charge in [0.15, 0.2) is 0 Å². The van der Waals surface area contributed by atoms with Crippen LogP contribution in [0.5, 0.6) is 0 Å². The first-order valence-electron chi connectivity index (χ1n) is 6.13. The largest absolute Gasteiger partial charge is 0.354 e. The van der Waals surface area contributed by atoms with Crippen LogP contribution in [0, 0.1) is 0 Å². The Morgan fingerprint density at radius 3 is 3.06 bits per heavy atom. The van der Waals surface area contributed by atoms with Crippen molar-refractivity contribution in [3.63, 3.8) is 0 Å². The third-order valence-electron chi connectivity index (χ3n) is 2.90. The molecule has 98 valence electrons. The van der Waals surface area contributed by atoms with Gasteiger partial charge in [0.2, 0.25) is 5.91 Å². The van der Waals surface area contributed by atoms with Crippen molar-refractivity contribution in [1.29, 1.82) is 0 Å². The maximum absolute atomic E-state index is 11.7. The van der Waals surface area contributed by atoms with Gasteiger partial charge in [0.25, 0.3) is 0 Å². The van der Waals surface area contributed by atoms with Gasteiger partial charge in [-0.1, -0.05) is 23.7 Å². The van der Waals surface area contributed by atoms with Crippen molar-refractivity contribution in [3.8, 4) is 0 Å². The second kappa shape index (κ2) is 7.02. The minimum atomic E-state index is 0.0635. The van der Waals surface area contributed by atoms with Gasteiger partial charge in [-0.2, -0.15) is 0 Å². The second-order valence-electron chi connectivity index (χ2n) is 4.32. The van der Waals surface area contributed by atoms with Crippen LogP contribution in [0.3, 0.4) is 0 Å². The minimum Gasteiger partial charge on any atom is -0.354 e. The number of carbonyl (C=O) groups excluding carboxylic acids is 1. The Labute approximate surface area is 117 Å². The van der Waals surface area contributed by atoms with Crippen LogP contribution in [0.25, 0.3) is 0 Å². The number of hydrogen-bond donors (Lipinski definition) is 2. The summed E-state index contributed by atoms with van der Waals surface area (Å²) in [5.74, 6) is 0.477. The normalized spacial score (nSPS) is 18.8. The van der Waals surface area contributed by atoms with Gasteiger partial charge in [-0.3, -0.25) is 4.79 Å². The van der Waals surface area contributed by atoms with Crippen molar-refractivity contribution in [3.05, 3.63) is 29.3 Å². The lowest BCUT2D eigenvalue weighted by molar-refractivity contribution is -0.118. The first-order valence-corrected chi connectivity index (χ1v) is 7.49. The molecule has 18 heavy (non-hydrogen) atoms. The van der Waals surface area contributed by atoms with E-state index in [-0.39, 0.29) is 5.91 Å². The fourth-order valence-corrected chi connectivity index (χ4v) is 2.99. The molecule has 1 aliphatic rings. The molecule has 0 spiro atoms. The number of nitrogens with one attached hydrogen (secondary N) is 2. The number of rotatable bonds is 5. The van der Waals surface area contributed by atoms with Gasteiger partial charge < -0.3 is 10.6 Å². The van der Waals surface area contributed by atoms with Crippen LogP contribution in [0.15, 0.2) is 29.2 Å². The molecule has 1 aromatic rings. The number of thioether (sulfide) groups is 1. The van der Waals surface area contributed by atoms with Crippen LogP contribution in [-0.2, 0) is 4.79 Å². The van der Waals surface area contributed by atoms with E-state index >= 15 is 0 Å². The van der Waals surface area contributed by atoms with E-state index in [1.807, 2.05) is 24.3 Å². The highest BCUT2D eigenvalue weighted by Crippen LogP contribution is 2.26. The Hall–Kier alpha value is -0.710. The minimum absolute atomic E-state index is 0.0635. The summed E-state index contributed by atoms with van der Waals surface area (Å²) in [4.78, 5) is 12.6. The van der Waals surface area contributed by atoms with Crippen molar-refractivity contribution < 1.29 is 4.79 Å². The molecule has 0 bridgehead atoms. The lowest BCUT2D eigenvalue weighted by Gasteiger charge is -2.11. The Kier molecular flexibility index (Phi) is 5.35. The van der Waals surface area contributed by atoms with E-state index in [0.717, 1.165) is 24.4 Å². The second-order valence-corrected chi connectivity index (χ2v) is 5.74. The summed E-state index contributed by atoms with van der Waals surface area (Å²) in [5.41, 5.74) is 0. The fraction of sp³-hybridized carbons (Fsp3) is 0.462. The van der Waals surface area contributed by atoms with Crippen molar-refractivity contribution >= 4 is 29.3 Å². The van der Waals surface area contributed by atoms with Crippen molar-refractivity contribution in [2.45, 2.75) is 23.8 Å². The Balaban J connectivity index is 1.69. The molecule has 1 aromatic carbocycles. The molecule has 1 saturated heterocycles. The van der Waals surface area contributed by atoms with E-state index in [2.05, 4.69) is 10.6 Å². The van der Waals surface area contributed by atoms with Gasteiger partial charge in [-0.05, 0) is 31.5 Å². The quantitative estimate of drug-likeness (QED) is 0.815. The third kappa shape index (κ3) is 4.19. The van der Waals surface area contributed by atoms with Gasteiger partial charge in [-0.15, -0.1) is 11.8 Å². The average molecular weight is 285 g/mol. The zero-order chi connectivity index (χ0) is 12.8. The molecule has 1 heterocycles. The predicted molar refractivity (Wildman–Crippen MR) is 76.2 cm³/mol. The molecule has 0 aromatic heterocycles. The van der Waals surface area contributed by atoms with Gasteiger partial charge in [0.1, 0.15) is 0 Å². The van der Waals surface area contributed by atoms with E-state index in [1.54, 1.807) is 0 Å². The number of carbonyl (C=O) groups is 1. The zero-order valence-electron chi connectivity index (χ0n) is 10.1. The number of halogens is 1. The van der Waals surface area contributed by atoms with Gasteiger partial charge in [-0.25, -0.2) is 0 Å². The summed E-state index contributed by atoms with van der Waals surface area (Å²) < 4.78 is 0. The van der Waals surface area contributed by atoms with Crippen molar-refractivity contribution in [1.82, 2.24) is 10.6 Å². The molecular weight excluding hydrogens is 268 g/mol. The molecule has 1 unspecified atom stereocenters. The summed E-state index contributed by atoms with van der Waals surface area (Å²) in [5, 5.41) is 7.00. The van der Waals surface area contributed by atoms with E-state index in [0.29, 0.717) is 16.8 Å². The van der Waals surface area contributed by atoms with Gasteiger partial charge >= 0.3 is 0 Å². The molecule has 1 fully saturated rings. The summed E-state index contributed by atoms with van der Waals surface area (Å²) in [6.45, 7) is 1.79. The molecule has 1 amide bonds. The number of hydrogen-bond acceptors (Lipinski definition) is 3. The number of benzene rings is 1. The first kappa shape index (κ1) is 13.7. The standard InChI is InChI=1S/C13H17ClN2OS/c14-11-5-1-2-6-12(11)18-9-13(17)16-8-10-4-3-7-15-10/h1-2,5-6,10,15H,3-4,7-9H2,(H,16,17). The third-order valence-corrected chi connectivity index (χ3v) is 4.42. The lowest BCUT2D eigenvalue weighted by Crippen LogP contribution is -2.37. The van der Waals surface area contributed by atoms with Crippen molar-refractivity contribution in [2.24, 2.45) is 0 Å². The maximum Gasteiger partial charge on any atom is 0.230 e. The highest BCUT2D eigenvalue weighted by molar-refractivity contribution is 8.00. The molecule has 1 aliphatic heterocycles. The van der Waals surface area contributed by atoms with Crippen LogP contribution >= 0.6 is 23.4 Å². The van der Waals surface area contributed by atoms with Crippen LogP contribution in [0.2, 0.25) is 5.02 Å². The monoisotopic (exact) mass is 284 g/mol.